The zero-order valence-corrected chi connectivity index (χ0v) is 11.5. The normalized spacial score (nSPS) is 10.5. The molecule has 0 unspecified atom stereocenters. The van der Waals surface area contributed by atoms with Crippen LogP contribution in [0.15, 0.2) is 48.5 Å². The number of rotatable bonds is 4. The van der Waals surface area contributed by atoms with Crippen LogP contribution in [0.25, 0.3) is 0 Å². The van der Waals surface area contributed by atoms with Crippen molar-refractivity contribution in [1.29, 1.82) is 0 Å². The number of carbonyl (C=O) groups is 1. The molecule has 0 aromatic heterocycles. The van der Waals surface area contributed by atoms with Crippen LogP contribution in [0, 0.1) is 0 Å². The van der Waals surface area contributed by atoms with E-state index in [1.165, 1.54) is 0 Å². The largest absolute Gasteiger partial charge is 0.496 e. The van der Waals surface area contributed by atoms with E-state index in [9.17, 15) is 4.79 Å². The van der Waals surface area contributed by atoms with Crippen LogP contribution < -0.4 is 4.74 Å². The van der Waals surface area contributed by atoms with Gasteiger partial charge < -0.3 is 4.74 Å². The summed E-state index contributed by atoms with van der Waals surface area (Å²) in [6.07, 6.45) is 0. The van der Waals surface area contributed by atoms with Gasteiger partial charge in [-0.05, 0) is 23.6 Å². The van der Waals surface area contributed by atoms with E-state index in [2.05, 4.69) is 13.8 Å². The van der Waals surface area contributed by atoms with Crippen LogP contribution in [0.4, 0.5) is 0 Å². The predicted octanol–water partition coefficient (Wildman–Crippen LogP) is 4.05. The Bertz CT molecular complexity index is 571. The molecule has 0 aliphatic carbocycles. The Balaban J connectivity index is 2.48. The third-order valence-corrected chi connectivity index (χ3v) is 3.17. The second-order valence-corrected chi connectivity index (χ2v) is 4.81. The van der Waals surface area contributed by atoms with Crippen molar-refractivity contribution in [3.63, 3.8) is 0 Å². The first-order chi connectivity index (χ1) is 9.13. The van der Waals surface area contributed by atoms with Crippen LogP contribution in [0.1, 0.15) is 41.3 Å². The average Bonchev–Trinajstić information content (AvgIpc) is 2.46. The molecule has 0 spiro atoms. The molecule has 2 nitrogen and oxygen atoms in total. The Morgan fingerprint density at radius 3 is 2.32 bits per heavy atom. The van der Waals surface area contributed by atoms with Crippen LogP contribution in [-0.2, 0) is 0 Å². The van der Waals surface area contributed by atoms with E-state index in [-0.39, 0.29) is 5.78 Å². The van der Waals surface area contributed by atoms with E-state index in [4.69, 9.17) is 4.74 Å². The lowest BCUT2D eigenvalue weighted by molar-refractivity contribution is 0.103. The fourth-order valence-corrected chi connectivity index (χ4v) is 2.01. The molecule has 0 radical (unpaired) electrons. The monoisotopic (exact) mass is 254 g/mol. The topological polar surface area (TPSA) is 26.3 Å². The highest BCUT2D eigenvalue weighted by Gasteiger charge is 2.15. The number of carbonyl (C=O) groups excluding carboxylic acids is 1. The first-order valence-electron chi connectivity index (χ1n) is 6.41. The summed E-state index contributed by atoms with van der Waals surface area (Å²) < 4.78 is 5.30. The molecule has 0 aliphatic rings. The first kappa shape index (κ1) is 13.3. The molecule has 2 aromatic rings. The SMILES string of the molecule is COc1ccc(C(C)C)cc1C(=O)c1ccccc1. The quantitative estimate of drug-likeness (QED) is 0.769. The Morgan fingerprint density at radius 1 is 1.05 bits per heavy atom. The number of hydrogen-bond acceptors (Lipinski definition) is 2. The molecule has 2 aromatic carbocycles. The van der Waals surface area contributed by atoms with Gasteiger partial charge in [-0.2, -0.15) is 0 Å². The van der Waals surface area contributed by atoms with Gasteiger partial charge in [0.05, 0.1) is 12.7 Å². The van der Waals surface area contributed by atoms with E-state index in [0.29, 0.717) is 22.8 Å². The van der Waals surface area contributed by atoms with Gasteiger partial charge in [0.1, 0.15) is 5.75 Å². The summed E-state index contributed by atoms with van der Waals surface area (Å²) in [7, 11) is 1.59. The molecule has 98 valence electrons. The Labute approximate surface area is 114 Å². The van der Waals surface area contributed by atoms with Crippen LogP contribution in [0.3, 0.4) is 0 Å². The molecule has 0 bridgehead atoms. The lowest BCUT2D eigenvalue weighted by Gasteiger charge is -2.12. The van der Waals surface area contributed by atoms with Crippen molar-refractivity contribution in [2.45, 2.75) is 19.8 Å². The van der Waals surface area contributed by atoms with Gasteiger partial charge in [-0.1, -0.05) is 50.2 Å². The number of ether oxygens (including phenoxy) is 1. The van der Waals surface area contributed by atoms with E-state index in [0.717, 1.165) is 5.56 Å². The minimum absolute atomic E-state index is 0.0000463. The van der Waals surface area contributed by atoms with Crippen LogP contribution in [0.5, 0.6) is 5.75 Å². The molecule has 0 N–H and O–H groups in total. The fraction of sp³-hybridized carbons (Fsp3) is 0.235. The van der Waals surface area contributed by atoms with Crippen molar-refractivity contribution in [3.05, 3.63) is 65.2 Å². The minimum atomic E-state index is -0.0000463. The van der Waals surface area contributed by atoms with Gasteiger partial charge in [0, 0.05) is 5.56 Å². The summed E-state index contributed by atoms with van der Waals surface area (Å²) in [6, 6.07) is 15.1. The Hall–Kier alpha value is -2.09. The molecule has 19 heavy (non-hydrogen) atoms. The summed E-state index contributed by atoms with van der Waals surface area (Å²) in [5, 5.41) is 0. The van der Waals surface area contributed by atoms with Crippen LogP contribution in [0.2, 0.25) is 0 Å². The third kappa shape index (κ3) is 2.84. The van der Waals surface area contributed by atoms with E-state index < -0.39 is 0 Å². The maximum Gasteiger partial charge on any atom is 0.196 e. The minimum Gasteiger partial charge on any atom is -0.496 e. The zero-order valence-electron chi connectivity index (χ0n) is 11.5. The highest BCUT2D eigenvalue weighted by molar-refractivity contribution is 6.10. The van der Waals surface area contributed by atoms with Gasteiger partial charge >= 0.3 is 0 Å². The number of hydrogen-bond donors (Lipinski definition) is 0. The molecule has 0 amide bonds. The molecule has 0 saturated carbocycles. The second-order valence-electron chi connectivity index (χ2n) is 4.81. The lowest BCUT2D eigenvalue weighted by atomic mass is 9.96. The fourth-order valence-electron chi connectivity index (χ4n) is 2.01. The van der Waals surface area contributed by atoms with E-state index in [1.807, 2.05) is 48.5 Å². The van der Waals surface area contributed by atoms with E-state index in [1.54, 1.807) is 7.11 Å². The number of benzene rings is 2. The van der Waals surface area contributed by atoms with Gasteiger partial charge in [0.15, 0.2) is 5.78 Å². The second kappa shape index (κ2) is 5.70. The Morgan fingerprint density at radius 2 is 1.74 bits per heavy atom. The van der Waals surface area contributed by atoms with Gasteiger partial charge in [0.2, 0.25) is 0 Å². The van der Waals surface area contributed by atoms with Crippen molar-refractivity contribution in [2.75, 3.05) is 7.11 Å². The summed E-state index contributed by atoms with van der Waals surface area (Å²) >= 11 is 0. The van der Waals surface area contributed by atoms with Crippen molar-refractivity contribution < 1.29 is 9.53 Å². The highest BCUT2D eigenvalue weighted by atomic mass is 16.5. The average molecular weight is 254 g/mol. The maximum atomic E-state index is 12.5. The van der Waals surface area contributed by atoms with E-state index >= 15 is 0 Å². The predicted molar refractivity (Wildman–Crippen MR) is 77.0 cm³/mol. The number of ketones is 1. The molecular formula is C17H18O2. The summed E-state index contributed by atoms with van der Waals surface area (Å²) in [5.74, 6) is 1.01. The van der Waals surface area contributed by atoms with Gasteiger partial charge in [-0.25, -0.2) is 0 Å². The standard InChI is InChI=1S/C17H18O2/c1-12(2)14-9-10-16(19-3)15(11-14)17(18)13-7-5-4-6-8-13/h4-12H,1-3H3. The maximum absolute atomic E-state index is 12.5. The van der Waals surface area contributed by atoms with Crippen molar-refractivity contribution in [1.82, 2.24) is 0 Å². The third-order valence-electron chi connectivity index (χ3n) is 3.17. The molecule has 0 heterocycles. The van der Waals surface area contributed by atoms with Crippen molar-refractivity contribution in [2.24, 2.45) is 0 Å². The van der Waals surface area contributed by atoms with Gasteiger partial charge in [-0.15, -0.1) is 0 Å². The summed E-state index contributed by atoms with van der Waals surface area (Å²) in [5.41, 5.74) is 2.45. The zero-order chi connectivity index (χ0) is 13.8. The molecule has 2 heteroatoms. The summed E-state index contributed by atoms with van der Waals surface area (Å²) in [4.78, 5) is 12.5. The molecular weight excluding hydrogens is 236 g/mol. The molecule has 0 saturated heterocycles. The molecule has 0 fully saturated rings. The van der Waals surface area contributed by atoms with Gasteiger partial charge in [-0.3, -0.25) is 4.79 Å². The van der Waals surface area contributed by atoms with Crippen molar-refractivity contribution >= 4 is 5.78 Å². The van der Waals surface area contributed by atoms with Gasteiger partial charge in [0.25, 0.3) is 0 Å². The van der Waals surface area contributed by atoms with Crippen LogP contribution >= 0.6 is 0 Å². The first-order valence-corrected chi connectivity index (χ1v) is 6.41. The van der Waals surface area contributed by atoms with Crippen LogP contribution in [-0.4, -0.2) is 12.9 Å². The highest BCUT2D eigenvalue weighted by Crippen LogP contribution is 2.26. The molecule has 0 atom stereocenters. The summed E-state index contributed by atoms with van der Waals surface area (Å²) in [6.45, 7) is 4.22. The molecule has 2 rings (SSSR count). The number of methoxy groups -OCH3 is 1. The molecule has 0 aliphatic heterocycles. The lowest BCUT2D eigenvalue weighted by Crippen LogP contribution is -2.05. The smallest absolute Gasteiger partial charge is 0.196 e. The Kier molecular flexibility index (Phi) is 4.00. The van der Waals surface area contributed by atoms with Crippen molar-refractivity contribution in [3.8, 4) is 5.75 Å².